The maximum atomic E-state index is 13.3. The first-order valence-electron chi connectivity index (χ1n) is 12.7. The fourth-order valence-electron chi connectivity index (χ4n) is 4.84. The summed E-state index contributed by atoms with van der Waals surface area (Å²) in [5.74, 6) is 1.36. The number of para-hydroxylation sites is 1. The fourth-order valence-corrected chi connectivity index (χ4v) is 4.84. The van der Waals surface area contributed by atoms with E-state index in [4.69, 9.17) is 9.47 Å². The third-order valence-corrected chi connectivity index (χ3v) is 6.88. The smallest absolute Gasteiger partial charge is 0.221 e. The topological polar surface area (TPSA) is 55.7 Å². The Balaban J connectivity index is 1.85. The van der Waals surface area contributed by atoms with Crippen LogP contribution in [0.5, 0.6) is 11.5 Å². The van der Waals surface area contributed by atoms with Gasteiger partial charge in [0.2, 0.25) is 5.91 Å². The van der Waals surface area contributed by atoms with Crippen molar-refractivity contribution in [1.29, 1.82) is 0 Å². The molecule has 0 aliphatic carbocycles. The molecule has 0 bridgehead atoms. The van der Waals surface area contributed by atoms with Gasteiger partial charge in [0.1, 0.15) is 11.5 Å². The third-order valence-electron chi connectivity index (χ3n) is 6.88. The minimum absolute atomic E-state index is 0.0556. The molecule has 3 aromatic rings. The zero-order valence-electron chi connectivity index (χ0n) is 22.1. The van der Waals surface area contributed by atoms with Crippen LogP contribution in [0.3, 0.4) is 0 Å². The van der Waals surface area contributed by atoms with E-state index in [1.165, 1.54) is 0 Å². The highest BCUT2D eigenvalue weighted by Gasteiger charge is 2.24. The van der Waals surface area contributed by atoms with Crippen LogP contribution in [0.1, 0.15) is 57.1 Å². The average Bonchev–Trinajstić information content (AvgIpc) is 3.21. The molecule has 6 nitrogen and oxygen atoms in total. The highest BCUT2D eigenvalue weighted by molar-refractivity contribution is 5.86. The van der Waals surface area contributed by atoms with E-state index in [1.54, 1.807) is 14.2 Å². The van der Waals surface area contributed by atoms with Crippen LogP contribution in [-0.2, 0) is 11.8 Å². The Morgan fingerprint density at radius 3 is 2.34 bits per heavy atom. The molecule has 2 atom stereocenters. The fraction of sp³-hybridized carbons (Fsp3) is 0.483. The number of carbonyl (C=O) groups is 1. The van der Waals surface area contributed by atoms with E-state index in [-0.39, 0.29) is 17.9 Å². The van der Waals surface area contributed by atoms with Crippen molar-refractivity contribution in [2.24, 2.45) is 7.05 Å². The van der Waals surface area contributed by atoms with Gasteiger partial charge in [-0.1, -0.05) is 32.0 Å². The Bertz CT molecular complexity index is 1080. The summed E-state index contributed by atoms with van der Waals surface area (Å²) >= 11 is 0. The van der Waals surface area contributed by atoms with E-state index in [0.717, 1.165) is 66.0 Å². The van der Waals surface area contributed by atoms with Crippen molar-refractivity contribution >= 4 is 16.8 Å². The number of fused-ring (bicyclic) bond motifs is 1. The van der Waals surface area contributed by atoms with Crippen molar-refractivity contribution < 1.29 is 14.3 Å². The largest absolute Gasteiger partial charge is 0.497 e. The van der Waals surface area contributed by atoms with Gasteiger partial charge < -0.3 is 24.3 Å². The Hall–Kier alpha value is -2.99. The number of methoxy groups -OCH3 is 2. The molecule has 0 spiro atoms. The highest BCUT2D eigenvalue weighted by Crippen LogP contribution is 2.37. The molecule has 1 N–H and O–H groups in total. The summed E-state index contributed by atoms with van der Waals surface area (Å²) in [6, 6.07) is 14.3. The van der Waals surface area contributed by atoms with E-state index in [0.29, 0.717) is 6.42 Å². The lowest BCUT2D eigenvalue weighted by molar-refractivity contribution is -0.121. The molecule has 0 aliphatic heterocycles. The van der Waals surface area contributed by atoms with E-state index in [2.05, 4.69) is 53.9 Å². The normalized spacial score (nSPS) is 13.1. The number of amides is 1. The first-order chi connectivity index (χ1) is 16.9. The first-order valence-corrected chi connectivity index (χ1v) is 12.7. The predicted molar refractivity (Wildman–Crippen MR) is 144 cm³/mol. The zero-order chi connectivity index (χ0) is 25.4. The number of nitrogens with zero attached hydrogens (tertiary/aromatic N) is 2. The molecule has 0 radical (unpaired) electrons. The molecule has 1 amide bonds. The van der Waals surface area contributed by atoms with Crippen LogP contribution in [0, 0.1) is 0 Å². The van der Waals surface area contributed by atoms with E-state index >= 15 is 0 Å². The first kappa shape index (κ1) is 26.6. The Kier molecular flexibility index (Phi) is 9.61. The lowest BCUT2D eigenvalue weighted by Gasteiger charge is -2.22. The molecule has 1 aromatic heterocycles. The second-order valence-corrected chi connectivity index (χ2v) is 9.25. The lowest BCUT2D eigenvalue weighted by Crippen LogP contribution is -2.34. The summed E-state index contributed by atoms with van der Waals surface area (Å²) in [7, 11) is 5.35. The number of hydrogen-bond acceptors (Lipinski definition) is 4. The molecule has 190 valence electrons. The zero-order valence-corrected chi connectivity index (χ0v) is 22.1. The van der Waals surface area contributed by atoms with Gasteiger partial charge in [0.25, 0.3) is 0 Å². The number of ether oxygens (including phenoxy) is 2. The van der Waals surface area contributed by atoms with Gasteiger partial charge in [-0.05, 0) is 68.7 Å². The second-order valence-electron chi connectivity index (χ2n) is 9.25. The van der Waals surface area contributed by atoms with Crippen molar-refractivity contribution in [3.8, 4) is 11.5 Å². The Morgan fingerprint density at radius 1 is 1.06 bits per heavy atom. The number of hydrogen-bond donors (Lipinski definition) is 1. The van der Waals surface area contributed by atoms with E-state index in [9.17, 15) is 4.79 Å². The number of benzene rings is 2. The van der Waals surface area contributed by atoms with Gasteiger partial charge in [-0.15, -0.1) is 0 Å². The Morgan fingerprint density at radius 2 is 1.71 bits per heavy atom. The summed E-state index contributed by atoms with van der Waals surface area (Å²) in [5.41, 5.74) is 3.28. The van der Waals surface area contributed by atoms with Crippen LogP contribution in [0.25, 0.3) is 10.9 Å². The third kappa shape index (κ3) is 6.79. The average molecular weight is 480 g/mol. The van der Waals surface area contributed by atoms with Crippen LogP contribution in [0.4, 0.5) is 0 Å². The molecule has 0 saturated carbocycles. The van der Waals surface area contributed by atoms with Crippen molar-refractivity contribution in [3.63, 3.8) is 0 Å². The van der Waals surface area contributed by atoms with E-state index < -0.39 is 0 Å². The maximum absolute atomic E-state index is 13.3. The molecular weight excluding hydrogens is 438 g/mol. The van der Waals surface area contributed by atoms with Gasteiger partial charge in [0.15, 0.2) is 0 Å². The number of aryl methyl sites for hydroxylation is 1. The molecular formula is C29H41N3O3. The van der Waals surface area contributed by atoms with Crippen LogP contribution in [0.2, 0.25) is 0 Å². The minimum Gasteiger partial charge on any atom is -0.497 e. The van der Waals surface area contributed by atoms with Gasteiger partial charge in [-0.2, -0.15) is 0 Å². The summed E-state index contributed by atoms with van der Waals surface area (Å²) in [4.78, 5) is 15.7. The van der Waals surface area contributed by atoms with Gasteiger partial charge in [-0.25, -0.2) is 0 Å². The minimum atomic E-state index is -0.132. The summed E-state index contributed by atoms with van der Waals surface area (Å²) in [6.07, 6.45) is 4.53. The SMILES string of the molecule is CCN(CC)CCC[C@@H](C)NC(=O)C[C@@H](c1cc(OC)cc(OC)c1)c1cn(C)c2ccccc12. The van der Waals surface area contributed by atoms with Gasteiger partial charge >= 0.3 is 0 Å². The quantitative estimate of drug-likeness (QED) is 0.359. The molecule has 0 saturated heterocycles. The lowest BCUT2D eigenvalue weighted by atomic mass is 9.87. The molecule has 3 rings (SSSR count). The second kappa shape index (κ2) is 12.6. The molecule has 0 unspecified atom stereocenters. The summed E-state index contributed by atoms with van der Waals surface area (Å²) in [5, 5.41) is 4.40. The molecule has 35 heavy (non-hydrogen) atoms. The van der Waals surface area contributed by atoms with Crippen molar-refractivity contribution in [3.05, 3.63) is 59.8 Å². The summed E-state index contributed by atoms with van der Waals surface area (Å²) < 4.78 is 13.2. The Labute approximate surface area is 210 Å². The van der Waals surface area contributed by atoms with Crippen molar-refractivity contribution in [1.82, 2.24) is 14.8 Å². The predicted octanol–water partition coefficient (Wildman–Crippen LogP) is 5.34. The number of rotatable bonds is 13. The van der Waals surface area contributed by atoms with Crippen LogP contribution < -0.4 is 14.8 Å². The van der Waals surface area contributed by atoms with Crippen molar-refractivity contribution in [2.75, 3.05) is 33.9 Å². The molecule has 2 aromatic carbocycles. The van der Waals surface area contributed by atoms with Crippen molar-refractivity contribution in [2.45, 2.75) is 52.0 Å². The standard InChI is InChI=1S/C29H41N3O3/c1-7-32(8-2)15-11-12-21(3)30-29(33)19-26(22-16-23(34-5)18-24(17-22)35-6)27-20-31(4)28-14-10-9-13-25(27)28/h9-10,13-14,16-18,20-21,26H,7-8,11-12,15,19H2,1-6H3,(H,30,33)/t21-,26+/m1/s1. The molecule has 6 heteroatoms. The summed E-state index contributed by atoms with van der Waals surface area (Å²) in [6.45, 7) is 9.67. The van der Waals surface area contributed by atoms with Crippen LogP contribution in [0.15, 0.2) is 48.7 Å². The maximum Gasteiger partial charge on any atom is 0.221 e. The van der Waals surface area contributed by atoms with Crippen LogP contribution in [-0.4, -0.2) is 55.3 Å². The molecule has 0 fully saturated rings. The van der Waals surface area contributed by atoms with E-state index in [1.807, 2.05) is 37.4 Å². The number of nitrogens with one attached hydrogen (secondary N) is 1. The van der Waals surface area contributed by atoms with Gasteiger partial charge in [0.05, 0.1) is 14.2 Å². The van der Waals surface area contributed by atoms with Gasteiger partial charge in [0, 0.05) is 48.6 Å². The number of carbonyl (C=O) groups excluding carboxylic acids is 1. The molecule has 0 aliphatic rings. The van der Waals surface area contributed by atoms with Crippen LogP contribution >= 0.6 is 0 Å². The van der Waals surface area contributed by atoms with Gasteiger partial charge in [-0.3, -0.25) is 4.79 Å². The highest BCUT2D eigenvalue weighted by atomic mass is 16.5. The molecule has 1 heterocycles. The monoisotopic (exact) mass is 479 g/mol. The number of aromatic nitrogens is 1.